The van der Waals surface area contributed by atoms with Gasteiger partial charge in [0.15, 0.2) is 4.95 Å². The minimum atomic E-state index is 0.500. The number of quaternary nitrogens is 1. The molecule has 0 aromatic rings. The maximum Gasteiger partial charge on any atom is 0.157 e. The van der Waals surface area contributed by atoms with Crippen molar-refractivity contribution in [2.75, 3.05) is 39.3 Å². The summed E-state index contributed by atoms with van der Waals surface area (Å²) in [5.74, 6) is 4.38. The standard InChI is InChI=1S/C36H60BrN2/c1-25(24-39-21-19-38(20-22-39)23-30(39)37)26-11-15-33(4)17-18-35(6)27(31(26)33)9-10-29-34(5)14-8-13-32(2,3)28(34)12-16-36(29,35)7/h26-31H,1,8-24H2,2-7H3/q+1/t26-,27+,28-,29?,30?,31+,33+,34-,35+,36+/m0/s1. The molecule has 5 aliphatic carbocycles. The maximum absolute atomic E-state index is 4.99. The third kappa shape index (κ3) is 3.69. The van der Waals surface area contributed by atoms with Crippen molar-refractivity contribution in [1.82, 2.24) is 4.90 Å². The van der Waals surface area contributed by atoms with Crippen LogP contribution in [-0.4, -0.2) is 53.6 Å². The summed E-state index contributed by atoms with van der Waals surface area (Å²) in [5.41, 5.74) is 4.29. The molecular weight excluding hydrogens is 540 g/mol. The van der Waals surface area contributed by atoms with Crippen molar-refractivity contribution in [3.05, 3.63) is 12.2 Å². The Morgan fingerprint density at radius 1 is 0.821 bits per heavy atom. The number of hydrogen-bond acceptors (Lipinski definition) is 1. The molecule has 8 fully saturated rings. The summed E-state index contributed by atoms with van der Waals surface area (Å²) < 4.78 is 1.27. The van der Waals surface area contributed by atoms with Gasteiger partial charge in [-0.15, -0.1) is 0 Å². The van der Waals surface area contributed by atoms with Gasteiger partial charge in [-0.1, -0.05) is 54.5 Å². The highest BCUT2D eigenvalue weighted by molar-refractivity contribution is 9.09. The second-order valence-electron chi connectivity index (χ2n) is 18.1. The summed E-state index contributed by atoms with van der Waals surface area (Å²) in [6.45, 7) is 29.1. The lowest BCUT2D eigenvalue weighted by molar-refractivity contribution is -0.945. The molecule has 0 aromatic heterocycles. The number of hydrogen-bond donors (Lipinski definition) is 0. The summed E-state index contributed by atoms with van der Waals surface area (Å²) in [6.07, 6.45) is 16.2. The zero-order valence-corrected chi connectivity index (χ0v) is 28.1. The molecule has 5 saturated carbocycles. The highest BCUT2D eigenvalue weighted by Gasteiger charge is 2.69. The smallest absolute Gasteiger partial charge is 0.157 e. The summed E-state index contributed by atoms with van der Waals surface area (Å²) in [4.78, 5) is 3.27. The van der Waals surface area contributed by atoms with Gasteiger partial charge in [0, 0.05) is 13.1 Å². The molecule has 0 amide bonds. The van der Waals surface area contributed by atoms with Gasteiger partial charge in [0.25, 0.3) is 0 Å². The molecule has 2 unspecified atom stereocenters. The quantitative estimate of drug-likeness (QED) is 0.135. The van der Waals surface area contributed by atoms with Crippen LogP contribution >= 0.6 is 15.9 Å². The zero-order chi connectivity index (χ0) is 27.6. The summed E-state index contributed by atoms with van der Waals surface area (Å²) in [6, 6.07) is 0. The van der Waals surface area contributed by atoms with E-state index >= 15 is 0 Å². The first kappa shape index (κ1) is 27.9. The van der Waals surface area contributed by atoms with Crippen LogP contribution < -0.4 is 0 Å². The first-order valence-corrected chi connectivity index (χ1v) is 18.1. The Bertz CT molecular complexity index is 1010. The third-order valence-electron chi connectivity index (χ3n) is 16.4. The molecule has 3 heteroatoms. The maximum atomic E-state index is 4.99. The third-order valence-corrected chi connectivity index (χ3v) is 17.5. The van der Waals surface area contributed by atoms with Gasteiger partial charge in [-0.3, -0.25) is 4.90 Å². The molecule has 0 radical (unpaired) electrons. The van der Waals surface area contributed by atoms with Gasteiger partial charge in [0.05, 0.1) is 19.6 Å². The van der Waals surface area contributed by atoms with E-state index < -0.39 is 0 Å². The second kappa shape index (κ2) is 8.84. The van der Waals surface area contributed by atoms with Crippen molar-refractivity contribution >= 4 is 15.9 Å². The lowest BCUT2D eigenvalue weighted by Crippen LogP contribution is -2.71. The Kier molecular flexibility index (Phi) is 6.33. The summed E-state index contributed by atoms with van der Waals surface area (Å²) >= 11 is 4.16. The van der Waals surface area contributed by atoms with Crippen LogP contribution in [0.5, 0.6) is 0 Å². The monoisotopic (exact) mass is 599 g/mol. The normalized spacial score (nSPS) is 57.7. The largest absolute Gasteiger partial charge is 0.306 e. The Morgan fingerprint density at radius 3 is 2.28 bits per heavy atom. The predicted molar refractivity (Wildman–Crippen MR) is 168 cm³/mol. The summed E-state index contributed by atoms with van der Waals surface area (Å²) in [5, 5.41) is 0. The number of alkyl halides is 1. The van der Waals surface area contributed by atoms with Crippen LogP contribution in [0.1, 0.15) is 112 Å². The minimum absolute atomic E-state index is 0.500. The van der Waals surface area contributed by atoms with E-state index in [-0.39, 0.29) is 0 Å². The molecule has 0 aromatic carbocycles. The topological polar surface area (TPSA) is 3.24 Å². The Hall–Kier alpha value is 0.140. The number of piperazine rings is 3. The minimum Gasteiger partial charge on any atom is -0.306 e. The summed E-state index contributed by atoms with van der Waals surface area (Å²) in [7, 11) is 0. The average molecular weight is 601 g/mol. The van der Waals surface area contributed by atoms with Crippen LogP contribution in [0, 0.1) is 56.7 Å². The van der Waals surface area contributed by atoms with Gasteiger partial charge < -0.3 is 4.48 Å². The molecule has 10 atom stereocenters. The van der Waals surface area contributed by atoms with Crippen molar-refractivity contribution in [1.29, 1.82) is 0 Å². The fraction of sp³-hybridized carbons (Fsp3) is 0.944. The lowest BCUT2D eigenvalue weighted by Gasteiger charge is -2.72. The Balaban J connectivity index is 1.19. The lowest BCUT2D eigenvalue weighted by atomic mass is 9.32. The highest BCUT2D eigenvalue weighted by atomic mass is 79.9. The zero-order valence-electron chi connectivity index (χ0n) is 26.5. The van der Waals surface area contributed by atoms with Gasteiger partial charge in [-0.25, -0.2) is 0 Å². The van der Waals surface area contributed by atoms with Gasteiger partial charge in [0.1, 0.15) is 6.54 Å². The van der Waals surface area contributed by atoms with Crippen molar-refractivity contribution in [3.63, 3.8) is 0 Å². The average Bonchev–Trinajstić information content (AvgIpc) is 3.23. The number of fused-ring (bicyclic) bond motifs is 10. The van der Waals surface area contributed by atoms with E-state index in [1.54, 1.807) is 5.57 Å². The van der Waals surface area contributed by atoms with Gasteiger partial charge in [-0.05, 0) is 142 Å². The van der Waals surface area contributed by atoms with E-state index in [1.165, 1.54) is 114 Å². The van der Waals surface area contributed by atoms with Gasteiger partial charge in [0.2, 0.25) is 0 Å². The van der Waals surface area contributed by atoms with Crippen molar-refractivity contribution in [3.8, 4) is 0 Å². The fourth-order valence-electron chi connectivity index (χ4n) is 14.0. The number of nitrogens with zero attached hydrogens (tertiary/aromatic N) is 2. The number of rotatable bonds is 3. The molecule has 8 rings (SSSR count). The van der Waals surface area contributed by atoms with Crippen LogP contribution in [0.25, 0.3) is 0 Å². The molecule has 0 spiro atoms. The number of halogens is 1. The molecule has 3 heterocycles. The van der Waals surface area contributed by atoms with E-state index in [0.717, 1.165) is 29.6 Å². The Labute approximate surface area is 249 Å². The molecule has 3 saturated heterocycles. The molecule has 0 N–H and O–H groups in total. The van der Waals surface area contributed by atoms with Crippen LogP contribution in [0.15, 0.2) is 12.2 Å². The molecule has 3 aliphatic heterocycles. The fourth-order valence-corrected chi connectivity index (χ4v) is 15.0. The SMILES string of the molecule is C=C(C[N+]12CCN(CC1)CC2Br)[C@@H]1CC[C@]2(C)CC[C@]3(C)[C@H](CCC4[C@@]5(C)CCCC(C)(C)[C@@H]5CC[C@]43C)[C@@H]12. The van der Waals surface area contributed by atoms with E-state index in [0.29, 0.717) is 32.0 Å². The van der Waals surface area contributed by atoms with Gasteiger partial charge >= 0.3 is 0 Å². The molecule has 2 nitrogen and oxygen atoms in total. The highest BCUT2D eigenvalue weighted by Crippen LogP contribution is 2.77. The van der Waals surface area contributed by atoms with Crippen molar-refractivity contribution in [2.24, 2.45) is 56.7 Å². The van der Waals surface area contributed by atoms with Crippen molar-refractivity contribution < 1.29 is 4.48 Å². The van der Waals surface area contributed by atoms with E-state index in [1.807, 2.05) is 0 Å². The van der Waals surface area contributed by atoms with Crippen LogP contribution in [0.4, 0.5) is 0 Å². The predicted octanol–water partition coefficient (Wildman–Crippen LogP) is 8.90. The molecule has 2 bridgehead atoms. The molecule has 8 aliphatic rings. The van der Waals surface area contributed by atoms with Crippen molar-refractivity contribution in [2.45, 2.75) is 117 Å². The van der Waals surface area contributed by atoms with Gasteiger partial charge in [-0.2, -0.15) is 0 Å². The molecule has 39 heavy (non-hydrogen) atoms. The molecular formula is C36H60BrN2+. The van der Waals surface area contributed by atoms with Crippen LogP contribution in [0.3, 0.4) is 0 Å². The Morgan fingerprint density at radius 2 is 1.56 bits per heavy atom. The molecule has 220 valence electrons. The first-order valence-electron chi connectivity index (χ1n) is 17.2. The second-order valence-corrected chi connectivity index (χ2v) is 19.1. The van der Waals surface area contributed by atoms with E-state index in [9.17, 15) is 0 Å². The van der Waals surface area contributed by atoms with Crippen LogP contribution in [-0.2, 0) is 0 Å². The van der Waals surface area contributed by atoms with Crippen LogP contribution in [0.2, 0.25) is 0 Å². The van der Waals surface area contributed by atoms with E-state index in [2.05, 4.69) is 62.4 Å². The first-order chi connectivity index (χ1) is 18.3. The van der Waals surface area contributed by atoms with E-state index in [4.69, 9.17) is 6.58 Å².